The molecule has 0 aromatic heterocycles. The number of fused-ring (bicyclic) bond motifs is 1. The van der Waals surface area contributed by atoms with Crippen molar-refractivity contribution in [1.29, 1.82) is 0 Å². The lowest BCUT2D eigenvalue weighted by Gasteiger charge is -2.16. The molecule has 0 atom stereocenters. The number of hydrogen-bond acceptors (Lipinski definition) is 3. The molecule has 7 heteroatoms. The molecule has 1 aliphatic rings. The van der Waals surface area contributed by atoms with Crippen molar-refractivity contribution < 1.29 is 13.2 Å². The largest absolute Gasteiger partial charge is 0.351 e. The Kier molecular flexibility index (Phi) is 5.06. The van der Waals surface area contributed by atoms with Gasteiger partial charge in [-0.2, -0.15) is 0 Å². The summed E-state index contributed by atoms with van der Waals surface area (Å²) in [6.07, 6.45) is 4.23. The Labute approximate surface area is 147 Å². The van der Waals surface area contributed by atoms with Crippen molar-refractivity contribution in [3.8, 4) is 0 Å². The van der Waals surface area contributed by atoms with Crippen LogP contribution in [0.1, 0.15) is 29.5 Å². The molecule has 3 rings (SSSR count). The van der Waals surface area contributed by atoms with Crippen LogP contribution in [0.3, 0.4) is 0 Å². The van der Waals surface area contributed by atoms with Crippen molar-refractivity contribution in [3.05, 3.63) is 59.2 Å². The number of nitrogens with two attached hydrogens (primary N) is 1. The van der Waals surface area contributed by atoms with Crippen LogP contribution >= 0.6 is 0 Å². The number of hydrogen-bond donors (Lipinski definition) is 3. The van der Waals surface area contributed by atoms with Crippen molar-refractivity contribution in [2.24, 2.45) is 5.73 Å². The van der Waals surface area contributed by atoms with E-state index in [0.717, 1.165) is 36.8 Å². The number of anilines is 1. The number of aryl methyl sites for hydroxylation is 2. The summed E-state index contributed by atoms with van der Waals surface area (Å²) >= 11 is 0. The van der Waals surface area contributed by atoms with Gasteiger partial charge in [0.1, 0.15) is 0 Å². The van der Waals surface area contributed by atoms with Gasteiger partial charge in [0.25, 0.3) is 0 Å². The van der Waals surface area contributed by atoms with Gasteiger partial charge in [-0.05, 0) is 66.6 Å². The van der Waals surface area contributed by atoms with Gasteiger partial charge in [-0.15, -0.1) is 0 Å². The lowest BCUT2D eigenvalue weighted by molar-refractivity contribution is 0.259. The van der Waals surface area contributed by atoms with Crippen LogP contribution in [0.4, 0.5) is 10.5 Å². The van der Waals surface area contributed by atoms with Crippen molar-refractivity contribution in [3.63, 3.8) is 0 Å². The Hall–Kier alpha value is -2.38. The van der Waals surface area contributed by atoms with E-state index in [1.165, 1.54) is 5.56 Å². The second kappa shape index (κ2) is 7.25. The maximum absolute atomic E-state index is 12.5. The van der Waals surface area contributed by atoms with Gasteiger partial charge in [0.05, 0.1) is 4.90 Å². The minimum absolute atomic E-state index is 0.177. The Morgan fingerprint density at radius 1 is 1.00 bits per heavy atom. The average molecular weight is 359 g/mol. The Morgan fingerprint density at radius 2 is 1.68 bits per heavy atom. The molecular formula is C18H21N3O3S. The van der Waals surface area contributed by atoms with E-state index in [1.54, 1.807) is 36.4 Å². The zero-order valence-electron chi connectivity index (χ0n) is 13.8. The second-order valence-electron chi connectivity index (χ2n) is 6.15. The third kappa shape index (κ3) is 4.37. The molecule has 0 radical (unpaired) electrons. The molecule has 25 heavy (non-hydrogen) atoms. The monoisotopic (exact) mass is 359 g/mol. The van der Waals surface area contributed by atoms with Crippen LogP contribution < -0.4 is 15.8 Å². The number of amides is 2. The average Bonchev–Trinajstić information content (AvgIpc) is 2.60. The molecule has 0 unspecified atom stereocenters. The van der Waals surface area contributed by atoms with Gasteiger partial charge in [0, 0.05) is 12.2 Å². The number of benzene rings is 2. The minimum atomic E-state index is -3.56. The van der Waals surface area contributed by atoms with Gasteiger partial charge in [-0.1, -0.05) is 18.2 Å². The second-order valence-corrected chi connectivity index (χ2v) is 7.92. The summed E-state index contributed by atoms with van der Waals surface area (Å²) in [6, 6.07) is 11.6. The zero-order chi connectivity index (χ0) is 17.9. The molecule has 0 bridgehead atoms. The molecular weight excluding hydrogens is 338 g/mol. The molecule has 2 aromatic carbocycles. The summed E-state index contributed by atoms with van der Waals surface area (Å²) in [5.41, 5.74) is 8.79. The topological polar surface area (TPSA) is 101 Å². The maximum Gasteiger partial charge on any atom is 0.316 e. The highest BCUT2D eigenvalue weighted by Gasteiger charge is 2.17. The fraction of sp³-hybridized carbons (Fsp3) is 0.278. The van der Waals surface area contributed by atoms with Crippen LogP contribution in [-0.4, -0.2) is 14.4 Å². The fourth-order valence-corrected chi connectivity index (χ4v) is 4.05. The van der Waals surface area contributed by atoms with Gasteiger partial charge in [-0.3, -0.25) is 0 Å². The number of urea groups is 1. The Balaban J connectivity index is 1.68. The van der Waals surface area contributed by atoms with E-state index in [1.807, 2.05) is 6.07 Å². The van der Waals surface area contributed by atoms with Crippen molar-refractivity contribution in [1.82, 2.24) is 4.72 Å². The van der Waals surface area contributed by atoms with Crippen molar-refractivity contribution >= 4 is 21.7 Å². The minimum Gasteiger partial charge on any atom is -0.351 e. The van der Waals surface area contributed by atoms with Gasteiger partial charge in [0.2, 0.25) is 10.0 Å². The molecule has 4 N–H and O–H groups in total. The standard InChI is InChI=1S/C18H21N3O3S/c19-18(22)21-16-8-5-13(6-9-16)12-20-25(23,24)17-10-7-14-3-1-2-4-15(14)11-17/h5-11,20H,1-4,12H2,(H3,19,21,22). The Morgan fingerprint density at radius 3 is 2.36 bits per heavy atom. The molecule has 0 saturated carbocycles. The molecule has 0 saturated heterocycles. The first-order valence-corrected chi connectivity index (χ1v) is 9.69. The lowest BCUT2D eigenvalue weighted by atomic mass is 9.92. The molecule has 0 heterocycles. The highest BCUT2D eigenvalue weighted by Crippen LogP contribution is 2.24. The van der Waals surface area contributed by atoms with E-state index in [-0.39, 0.29) is 6.54 Å². The van der Waals surface area contributed by atoms with Crippen LogP contribution in [0.15, 0.2) is 47.4 Å². The van der Waals surface area contributed by atoms with Crippen LogP contribution in [0, 0.1) is 0 Å². The summed E-state index contributed by atoms with van der Waals surface area (Å²) in [5, 5.41) is 2.46. The maximum atomic E-state index is 12.5. The first-order chi connectivity index (χ1) is 11.9. The normalized spacial score (nSPS) is 13.9. The Bertz CT molecular complexity index is 877. The quantitative estimate of drug-likeness (QED) is 0.764. The summed E-state index contributed by atoms with van der Waals surface area (Å²) < 4.78 is 27.7. The van der Waals surface area contributed by atoms with Gasteiger partial charge < -0.3 is 11.1 Å². The van der Waals surface area contributed by atoms with Crippen molar-refractivity contribution in [2.75, 3.05) is 5.32 Å². The predicted octanol–water partition coefficient (Wildman–Crippen LogP) is 2.53. The van der Waals surface area contributed by atoms with Crippen LogP contribution in [0.5, 0.6) is 0 Å². The molecule has 2 aromatic rings. The summed E-state index contributed by atoms with van der Waals surface area (Å²) in [6.45, 7) is 0.177. The fourth-order valence-electron chi connectivity index (χ4n) is 2.99. The lowest BCUT2D eigenvalue weighted by Crippen LogP contribution is -2.23. The molecule has 6 nitrogen and oxygen atoms in total. The SMILES string of the molecule is NC(=O)Nc1ccc(CNS(=O)(=O)c2ccc3c(c2)CCCC3)cc1. The highest BCUT2D eigenvalue weighted by atomic mass is 32.2. The van der Waals surface area contributed by atoms with E-state index in [9.17, 15) is 13.2 Å². The number of nitrogens with one attached hydrogen (secondary N) is 2. The number of carbonyl (C=O) groups excluding carboxylic acids is 1. The molecule has 0 aliphatic heterocycles. The number of carbonyl (C=O) groups is 1. The predicted molar refractivity (Wildman–Crippen MR) is 96.8 cm³/mol. The van der Waals surface area contributed by atoms with E-state index in [4.69, 9.17) is 5.73 Å². The molecule has 0 fully saturated rings. The smallest absolute Gasteiger partial charge is 0.316 e. The summed E-state index contributed by atoms with van der Waals surface area (Å²) in [5.74, 6) is 0. The highest BCUT2D eigenvalue weighted by molar-refractivity contribution is 7.89. The third-order valence-corrected chi connectivity index (χ3v) is 5.72. The van der Waals surface area contributed by atoms with E-state index < -0.39 is 16.1 Å². The van der Waals surface area contributed by atoms with Crippen molar-refractivity contribution in [2.45, 2.75) is 37.1 Å². The number of primary amides is 1. The number of sulfonamides is 1. The molecule has 1 aliphatic carbocycles. The van der Waals surface area contributed by atoms with Crippen LogP contribution in [0.25, 0.3) is 0 Å². The first kappa shape index (κ1) is 17.4. The van der Waals surface area contributed by atoms with Crippen LogP contribution in [-0.2, 0) is 29.4 Å². The third-order valence-electron chi connectivity index (χ3n) is 4.32. The molecule has 0 spiro atoms. The van der Waals surface area contributed by atoms with Gasteiger partial charge in [-0.25, -0.2) is 17.9 Å². The summed E-state index contributed by atoms with van der Waals surface area (Å²) in [7, 11) is -3.56. The van der Waals surface area contributed by atoms with Gasteiger partial charge in [0.15, 0.2) is 0 Å². The summed E-state index contributed by atoms with van der Waals surface area (Å²) in [4.78, 5) is 11.1. The molecule has 132 valence electrons. The number of rotatable bonds is 5. The zero-order valence-corrected chi connectivity index (χ0v) is 14.6. The first-order valence-electron chi connectivity index (χ1n) is 8.21. The van der Waals surface area contributed by atoms with E-state index in [2.05, 4.69) is 10.0 Å². The van der Waals surface area contributed by atoms with E-state index >= 15 is 0 Å². The van der Waals surface area contributed by atoms with Crippen LogP contribution in [0.2, 0.25) is 0 Å². The van der Waals surface area contributed by atoms with Gasteiger partial charge >= 0.3 is 6.03 Å². The molecule has 2 amide bonds. The van der Waals surface area contributed by atoms with E-state index in [0.29, 0.717) is 10.6 Å².